The first-order valence-corrected chi connectivity index (χ1v) is 6.90. The summed E-state index contributed by atoms with van der Waals surface area (Å²) in [6.45, 7) is 2.37. The fraction of sp³-hybridized carbons (Fsp3) is 0.267. The third-order valence-corrected chi connectivity index (χ3v) is 3.18. The first kappa shape index (κ1) is 14.3. The summed E-state index contributed by atoms with van der Waals surface area (Å²) >= 11 is 0. The molecule has 7 heteroatoms. The summed E-state index contributed by atoms with van der Waals surface area (Å²) in [5.74, 6) is 0.725. The zero-order chi connectivity index (χ0) is 15.7. The average molecular weight is 299 g/mol. The molecule has 3 aromatic rings. The van der Waals surface area contributed by atoms with Crippen molar-refractivity contribution in [3.8, 4) is 0 Å². The summed E-state index contributed by atoms with van der Waals surface area (Å²) in [7, 11) is 3.90. The molecule has 22 heavy (non-hydrogen) atoms. The van der Waals surface area contributed by atoms with Gasteiger partial charge in [0.05, 0.1) is 5.69 Å². The van der Waals surface area contributed by atoms with Crippen LogP contribution < -0.4 is 5.32 Å². The van der Waals surface area contributed by atoms with Gasteiger partial charge in [-0.15, -0.1) is 0 Å². The van der Waals surface area contributed by atoms with Gasteiger partial charge in [0, 0.05) is 18.8 Å². The van der Waals surface area contributed by atoms with Gasteiger partial charge in [-0.2, -0.15) is 0 Å². The van der Waals surface area contributed by atoms with Crippen LogP contribution in [0.5, 0.6) is 0 Å². The Kier molecular flexibility index (Phi) is 3.64. The van der Waals surface area contributed by atoms with Crippen LogP contribution in [0.15, 0.2) is 35.0 Å². The fourth-order valence-electron chi connectivity index (χ4n) is 2.28. The first-order valence-electron chi connectivity index (χ1n) is 6.90. The highest BCUT2D eigenvalue weighted by atomic mass is 16.5. The quantitative estimate of drug-likeness (QED) is 0.797. The molecule has 0 radical (unpaired) electrons. The Morgan fingerprint density at radius 1 is 1.41 bits per heavy atom. The molecule has 1 N–H and O–H groups in total. The molecule has 0 aromatic carbocycles. The number of rotatable bonds is 4. The Hall–Kier alpha value is -2.67. The highest BCUT2D eigenvalue weighted by Gasteiger charge is 2.20. The van der Waals surface area contributed by atoms with Crippen molar-refractivity contribution >= 4 is 17.4 Å². The molecule has 0 aliphatic carbocycles. The lowest BCUT2D eigenvalue weighted by atomic mass is 10.3. The van der Waals surface area contributed by atoms with Gasteiger partial charge in [-0.05, 0) is 33.2 Å². The standard InChI is InChI=1S/C15H17N5O2/c1-10-8-12(18-22-10)16-15(21)14-11(9-19(2)3)20-7-5-4-6-13(20)17-14/h4-8H,9H2,1-3H3,(H,16,18,21). The minimum Gasteiger partial charge on any atom is -0.360 e. The zero-order valence-electron chi connectivity index (χ0n) is 12.7. The number of anilines is 1. The molecule has 0 bridgehead atoms. The minimum atomic E-state index is -0.297. The van der Waals surface area contributed by atoms with Crippen LogP contribution in [-0.2, 0) is 6.54 Å². The predicted octanol–water partition coefficient (Wildman–Crippen LogP) is 1.94. The van der Waals surface area contributed by atoms with Crippen LogP contribution in [0, 0.1) is 6.92 Å². The van der Waals surface area contributed by atoms with E-state index in [0.717, 1.165) is 11.3 Å². The SMILES string of the molecule is Cc1cc(NC(=O)c2nc3ccccn3c2CN(C)C)no1. The van der Waals surface area contributed by atoms with E-state index in [1.807, 2.05) is 47.8 Å². The number of amides is 1. The van der Waals surface area contributed by atoms with Crippen LogP contribution in [0.4, 0.5) is 5.82 Å². The minimum absolute atomic E-state index is 0.297. The van der Waals surface area contributed by atoms with E-state index < -0.39 is 0 Å². The maximum Gasteiger partial charge on any atom is 0.277 e. The molecule has 0 spiro atoms. The van der Waals surface area contributed by atoms with Crippen molar-refractivity contribution in [3.05, 3.63) is 47.6 Å². The lowest BCUT2D eigenvalue weighted by Crippen LogP contribution is -2.19. The summed E-state index contributed by atoms with van der Waals surface area (Å²) in [5, 5.41) is 6.49. The fourth-order valence-corrected chi connectivity index (χ4v) is 2.28. The van der Waals surface area contributed by atoms with E-state index in [1.165, 1.54) is 0 Å². The predicted molar refractivity (Wildman–Crippen MR) is 81.8 cm³/mol. The number of aryl methyl sites for hydroxylation is 1. The van der Waals surface area contributed by atoms with Crippen LogP contribution in [0.1, 0.15) is 21.9 Å². The Morgan fingerprint density at radius 2 is 2.23 bits per heavy atom. The highest BCUT2D eigenvalue weighted by molar-refractivity contribution is 6.03. The van der Waals surface area contributed by atoms with Gasteiger partial charge < -0.3 is 19.1 Å². The third-order valence-electron chi connectivity index (χ3n) is 3.18. The van der Waals surface area contributed by atoms with Crippen molar-refractivity contribution in [1.82, 2.24) is 19.4 Å². The zero-order valence-corrected chi connectivity index (χ0v) is 12.7. The lowest BCUT2D eigenvalue weighted by molar-refractivity contribution is 0.102. The Balaban J connectivity index is 1.99. The monoisotopic (exact) mass is 299 g/mol. The van der Waals surface area contributed by atoms with E-state index >= 15 is 0 Å². The van der Waals surface area contributed by atoms with Crippen LogP contribution in [0.25, 0.3) is 5.65 Å². The van der Waals surface area contributed by atoms with Crippen molar-refractivity contribution < 1.29 is 9.32 Å². The van der Waals surface area contributed by atoms with E-state index in [1.54, 1.807) is 13.0 Å². The Labute approximate surface area is 127 Å². The first-order chi connectivity index (χ1) is 10.5. The van der Waals surface area contributed by atoms with Gasteiger partial charge in [-0.3, -0.25) is 4.79 Å². The molecule has 114 valence electrons. The van der Waals surface area contributed by atoms with Crippen molar-refractivity contribution in [3.63, 3.8) is 0 Å². The van der Waals surface area contributed by atoms with Gasteiger partial charge in [0.25, 0.3) is 5.91 Å². The number of carbonyl (C=O) groups excluding carboxylic acids is 1. The normalized spacial score (nSPS) is 11.3. The third kappa shape index (κ3) is 2.71. The van der Waals surface area contributed by atoms with E-state index in [-0.39, 0.29) is 5.91 Å². The average Bonchev–Trinajstić information content (AvgIpc) is 3.03. The van der Waals surface area contributed by atoms with E-state index in [4.69, 9.17) is 4.52 Å². The summed E-state index contributed by atoms with van der Waals surface area (Å²) < 4.78 is 6.88. The van der Waals surface area contributed by atoms with E-state index in [2.05, 4.69) is 15.5 Å². The van der Waals surface area contributed by atoms with Gasteiger partial charge in [0.2, 0.25) is 0 Å². The molecule has 0 atom stereocenters. The van der Waals surface area contributed by atoms with Gasteiger partial charge in [0.15, 0.2) is 11.5 Å². The topological polar surface area (TPSA) is 75.7 Å². The molecule has 3 rings (SSSR count). The maximum atomic E-state index is 12.5. The molecule has 0 fully saturated rings. The van der Waals surface area contributed by atoms with Crippen molar-refractivity contribution in [2.24, 2.45) is 0 Å². The maximum absolute atomic E-state index is 12.5. The Morgan fingerprint density at radius 3 is 2.91 bits per heavy atom. The molecule has 0 aliphatic heterocycles. The number of hydrogen-bond donors (Lipinski definition) is 1. The molecule has 0 saturated carbocycles. The number of imidazole rings is 1. The summed E-state index contributed by atoms with van der Waals surface area (Å²) in [6, 6.07) is 7.34. The van der Waals surface area contributed by atoms with Crippen molar-refractivity contribution in [1.29, 1.82) is 0 Å². The largest absolute Gasteiger partial charge is 0.360 e. The number of nitrogens with zero attached hydrogens (tertiary/aromatic N) is 4. The second kappa shape index (κ2) is 5.61. The molecule has 0 unspecified atom stereocenters. The molecule has 3 heterocycles. The Bertz CT molecular complexity index is 818. The van der Waals surface area contributed by atoms with Gasteiger partial charge in [0.1, 0.15) is 11.4 Å². The molecule has 3 aromatic heterocycles. The van der Waals surface area contributed by atoms with Gasteiger partial charge in [-0.1, -0.05) is 11.2 Å². The number of hydrogen-bond acceptors (Lipinski definition) is 5. The summed E-state index contributed by atoms with van der Waals surface area (Å²) in [6.07, 6.45) is 1.90. The number of pyridine rings is 1. The van der Waals surface area contributed by atoms with Crippen molar-refractivity contribution in [2.75, 3.05) is 19.4 Å². The molecule has 0 aliphatic rings. The lowest BCUT2D eigenvalue weighted by Gasteiger charge is -2.10. The van der Waals surface area contributed by atoms with Crippen LogP contribution in [0.2, 0.25) is 0 Å². The summed E-state index contributed by atoms with van der Waals surface area (Å²) in [5.41, 5.74) is 1.96. The molecule has 0 saturated heterocycles. The highest BCUT2D eigenvalue weighted by Crippen LogP contribution is 2.16. The number of nitrogens with one attached hydrogen (secondary N) is 1. The second-order valence-corrected chi connectivity index (χ2v) is 5.35. The van der Waals surface area contributed by atoms with Crippen LogP contribution in [0.3, 0.4) is 0 Å². The van der Waals surface area contributed by atoms with Gasteiger partial charge >= 0.3 is 0 Å². The van der Waals surface area contributed by atoms with Crippen LogP contribution >= 0.6 is 0 Å². The number of aromatic nitrogens is 3. The number of fused-ring (bicyclic) bond motifs is 1. The van der Waals surface area contributed by atoms with Crippen molar-refractivity contribution in [2.45, 2.75) is 13.5 Å². The second-order valence-electron chi connectivity index (χ2n) is 5.35. The molecule has 7 nitrogen and oxygen atoms in total. The van der Waals surface area contributed by atoms with E-state index in [0.29, 0.717) is 23.8 Å². The van der Waals surface area contributed by atoms with Gasteiger partial charge in [-0.25, -0.2) is 4.98 Å². The molecule has 1 amide bonds. The van der Waals surface area contributed by atoms with Crippen LogP contribution in [-0.4, -0.2) is 39.4 Å². The molecular formula is C15H17N5O2. The molecular weight excluding hydrogens is 282 g/mol. The summed E-state index contributed by atoms with van der Waals surface area (Å²) in [4.78, 5) is 18.9. The smallest absolute Gasteiger partial charge is 0.277 e. The van der Waals surface area contributed by atoms with E-state index in [9.17, 15) is 4.79 Å². The number of carbonyl (C=O) groups is 1.